The Balaban J connectivity index is 2.00. The van der Waals surface area contributed by atoms with Crippen LogP contribution in [0.1, 0.15) is 30.9 Å². The fraction of sp³-hybridized carbons (Fsp3) is 0.615. The summed E-state index contributed by atoms with van der Waals surface area (Å²) in [5.41, 5.74) is 7.26. The van der Waals surface area contributed by atoms with Gasteiger partial charge in [0.05, 0.1) is 12.1 Å². The molecule has 0 bridgehead atoms. The molecule has 1 unspecified atom stereocenters. The summed E-state index contributed by atoms with van der Waals surface area (Å²) in [6.07, 6.45) is 4.97. The van der Waals surface area contributed by atoms with E-state index in [4.69, 9.17) is 5.73 Å². The van der Waals surface area contributed by atoms with Crippen LogP contribution >= 0.6 is 23.1 Å². The van der Waals surface area contributed by atoms with Crippen LogP contribution in [0.3, 0.4) is 0 Å². The van der Waals surface area contributed by atoms with Gasteiger partial charge in [-0.15, -0.1) is 0 Å². The first-order valence-corrected chi connectivity index (χ1v) is 8.65. The molecule has 100 valence electrons. The zero-order chi connectivity index (χ0) is 13.0. The Morgan fingerprint density at radius 2 is 2.56 bits per heavy atom. The Hall–Kier alpha value is -0.520. The van der Waals surface area contributed by atoms with Gasteiger partial charge < -0.3 is 10.6 Å². The van der Waals surface area contributed by atoms with Gasteiger partial charge in [-0.1, -0.05) is 0 Å². The van der Waals surface area contributed by atoms with Crippen molar-refractivity contribution in [3.63, 3.8) is 0 Å². The summed E-state index contributed by atoms with van der Waals surface area (Å²) >= 11 is 3.43. The molecule has 0 saturated carbocycles. The van der Waals surface area contributed by atoms with Gasteiger partial charge in [0.1, 0.15) is 0 Å². The Morgan fingerprint density at radius 3 is 3.22 bits per heavy atom. The molecule has 18 heavy (non-hydrogen) atoms. The van der Waals surface area contributed by atoms with E-state index in [1.54, 1.807) is 23.1 Å². The van der Waals surface area contributed by atoms with Crippen LogP contribution in [0.15, 0.2) is 16.8 Å². The third-order valence-electron chi connectivity index (χ3n) is 3.41. The molecule has 1 fully saturated rings. The van der Waals surface area contributed by atoms with Gasteiger partial charge >= 0.3 is 0 Å². The molecule has 0 aromatic carbocycles. The fourth-order valence-corrected chi connectivity index (χ4v) is 3.62. The number of carbonyl (C=O) groups excluding carboxylic acids is 1. The number of likely N-dealkylation sites (tertiary alicyclic amines) is 1. The number of thiophene rings is 1. The van der Waals surface area contributed by atoms with Crippen molar-refractivity contribution in [2.24, 2.45) is 5.73 Å². The molecule has 2 N–H and O–H groups in total. The zero-order valence-corrected chi connectivity index (χ0v) is 12.3. The second-order valence-electron chi connectivity index (χ2n) is 4.63. The van der Waals surface area contributed by atoms with Gasteiger partial charge in [0.2, 0.25) is 5.91 Å². The molecule has 1 amide bonds. The van der Waals surface area contributed by atoms with Gasteiger partial charge in [0.15, 0.2) is 0 Å². The zero-order valence-electron chi connectivity index (χ0n) is 10.7. The summed E-state index contributed by atoms with van der Waals surface area (Å²) in [7, 11) is 0. The molecule has 2 heterocycles. The highest BCUT2D eigenvalue weighted by molar-refractivity contribution is 7.98. The van der Waals surface area contributed by atoms with Crippen molar-refractivity contribution in [2.75, 3.05) is 18.6 Å². The third kappa shape index (κ3) is 3.08. The van der Waals surface area contributed by atoms with Gasteiger partial charge in [-0.3, -0.25) is 4.79 Å². The average Bonchev–Trinajstić information content (AvgIpc) is 3.03. The van der Waals surface area contributed by atoms with E-state index in [-0.39, 0.29) is 18.0 Å². The van der Waals surface area contributed by atoms with E-state index in [1.165, 1.54) is 5.56 Å². The quantitative estimate of drug-likeness (QED) is 0.903. The first-order chi connectivity index (χ1) is 8.74. The maximum atomic E-state index is 12.4. The van der Waals surface area contributed by atoms with Crippen molar-refractivity contribution >= 4 is 29.0 Å². The second-order valence-corrected chi connectivity index (χ2v) is 6.40. The van der Waals surface area contributed by atoms with Crippen LogP contribution in [0.25, 0.3) is 0 Å². The maximum absolute atomic E-state index is 12.4. The molecule has 0 spiro atoms. The van der Waals surface area contributed by atoms with Crippen molar-refractivity contribution in [2.45, 2.75) is 31.3 Å². The molecule has 0 aliphatic carbocycles. The highest BCUT2D eigenvalue weighted by Gasteiger charge is 2.32. The lowest BCUT2D eigenvalue weighted by molar-refractivity contribution is -0.133. The summed E-state index contributed by atoms with van der Waals surface area (Å²) in [6.45, 7) is 0.853. The number of nitrogens with zero attached hydrogens (tertiary/aromatic N) is 1. The standard InChI is InChI=1S/C13H20N2OS2/c1-17-7-5-11(14)13(16)15-6-2-3-12(15)10-4-8-18-9-10/h4,8-9,11-12H,2-3,5-7,14H2,1H3/t11-,12?/m1/s1. The number of hydrogen-bond donors (Lipinski definition) is 1. The summed E-state index contributed by atoms with van der Waals surface area (Å²) in [5.74, 6) is 1.07. The number of thioether (sulfide) groups is 1. The van der Waals surface area contributed by atoms with Crippen LogP contribution in [0.5, 0.6) is 0 Å². The Kier molecular flexibility index (Phi) is 5.09. The monoisotopic (exact) mass is 284 g/mol. The van der Waals surface area contributed by atoms with Crippen molar-refractivity contribution in [3.8, 4) is 0 Å². The molecule has 0 radical (unpaired) electrons. The molecule has 2 atom stereocenters. The topological polar surface area (TPSA) is 46.3 Å². The fourth-order valence-electron chi connectivity index (χ4n) is 2.42. The number of amides is 1. The third-order valence-corrected chi connectivity index (χ3v) is 4.76. The molecule has 1 aliphatic rings. The van der Waals surface area contributed by atoms with E-state index in [1.807, 2.05) is 11.2 Å². The van der Waals surface area contributed by atoms with Crippen LogP contribution in [-0.4, -0.2) is 35.4 Å². The number of hydrogen-bond acceptors (Lipinski definition) is 4. The number of nitrogens with two attached hydrogens (primary N) is 1. The Labute approximate surface area is 117 Å². The highest BCUT2D eigenvalue weighted by Crippen LogP contribution is 2.33. The average molecular weight is 284 g/mol. The summed E-state index contributed by atoms with van der Waals surface area (Å²) < 4.78 is 0. The molecule has 1 aromatic rings. The molecule has 1 saturated heterocycles. The minimum absolute atomic E-state index is 0.123. The van der Waals surface area contributed by atoms with Crippen molar-refractivity contribution in [1.82, 2.24) is 4.90 Å². The summed E-state index contributed by atoms with van der Waals surface area (Å²) in [4.78, 5) is 14.3. The van der Waals surface area contributed by atoms with E-state index in [9.17, 15) is 4.79 Å². The molecule has 1 aromatic heterocycles. The SMILES string of the molecule is CSCC[C@@H](N)C(=O)N1CCCC1c1ccsc1. The second kappa shape index (κ2) is 6.59. The van der Waals surface area contributed by atoms with Crippen molar-refractivity contribution in [3.05, 3.63) is 22.4 Å². The van der Waals surface area contributed by atoms with Crippen LogP contribution in [0.4, 0.5) is 0 Å². The van der Waals surface area contributed by atoms with E-state index >= 15 is 0 Å². The van der Waals surface area contributed by atoms with Crippen LogP contribution < -0.4 is 5.73 Å². The Morgan fingerprint density at radius 1 is 1.72 bits per heavy atom. The lowest BCUT2D eigenvalue weighted by atomic mass is 10.1. The molecular weight excluding hydrogens is 264 g/mol. The van der Waals surface area contributed by atoms with Crippen LogP contribution in [-0.2, 0) is 4.79 Å². The van der Waals surface area contributed by atoms with Crippen LogP contribution in [0.2, 0.25) is 0 Å². The van der Waals surface area contributed by atoms with Gasteiger partial charge in [-0.2, -0.15) is 23.1 Å². The smallest absolute Gasteiger partial charge is 0.240 e. The minimum atomic E-state index is -0.336. The van der Waals surface area contributed by atoms with Gasteiger partial charge in [0, 0.05) is 6.54 Å². The summed E-state index contributed by atoms with van der Waals surface area (Å²) in [5, 5.41) is 4.22. The van der Waals surface area contributed by atoms with E-state index in [2.05, 4.69) is 16.8 Å². The van der Waals surface area contributed by atoms with Crippen LogP contribution in [0, 0.1) is 0 Å². The predicted octanol–water partition coefficient (Wildman–Crippen LogP) is 2.49. The van der Waals surface area contributed by atoms with Crippen molar-refractivity contribution in [1.29, 1.82) is 0 Å². The summed E-state index contributed by atoms with van der Waals surface area (Å²) in [6, 6.07) is 2.04. The number of rotatable bonds is 5. The molecule has 3 nitrogen and oxygen atoms in total. The highest BCUT2D eigenvalue weighted by atomic mass is 32.2. The van der Waals surface area contributed by atoms with E-state index < -0.39 is 0 Å². The molecular formula is C13H20N2OS2. The van der Waals surface area contributed by atoms with Crippen molar-refractivity contribution < 1.29 is 4.79 Å². The first kappa shape index (κ1) is 13.9. The Bertz CT molecular complexity index is 380. The lowest BCUT2D eigenvalue weighted by Gasteiger charge is -2.27. The van der Waals surface area contributed by atoms with Gasteiger partial charge in [0.25, 0.3) is 0 Å². The normalized spacial score (nSPS) is 21.2. The lowest BCUT2D eigenvalue weighted by Crippen LogP contribution is -2.43. The van der Waals surface area contributed by atoms with Gasteiger partial charge in [-0.25, -0.2) is 0 Å². The molecule has 2 rings (SSSR count). The van der Waals surface area contributed by atoms with E-state index in [0.29, 0.717) is 0 Å². The number of carbonyl (C=O) groups is 1. The first-order valence-electron chi connectivity index (χ1n) is 6.31. The molecule has 5 heteroatoms. The maximum Gasteiger partial charge on any atom is 0.240 e. The minimum Gasteiger partial charge on any atom is -0.334 e. The van der Waals surface area contributed by atoms with Gasteiger partial charge in [-0.05, 0) is 53.7 Å². The van der Waals surface area contributed by atoms with E-state index in [0.717, 1.165) is 31.6 Å². The predicted molar refractivity (Wildman–Crippen MR) is 79.0 cm³/mol. The molecule has 1 aliphatic heterocycles. The largest absolute Gasteiger partial charge is 0.334 e.